The first-order valence-corrected chi connectivity index (χ1v) is 6.38. The second kappa shape index (κ2) is 6.53. The number of ether oxygens (including phenoxy) is 1. The van der Waals surface area contributed by atoms with Crippen LogP contribution < -0.4 is 4.74 Å². The largest absolute Gasteiger partial charge is 0.491 e. The molecule has 2 aromatic carbocycles. The second-order valence-corrected chi connectivity index (χ2v) is 4.50. The Morgan fingerprint density at radius 1 is 1.18 bits per heavy atom. The molecule has 0 spiro atoms. The number of rotatable bonds is 2. The van der Waals surface area contributed by atoms with E-state index < -0.39 is 10.7 Å². The fraction of sp³-hybridized carbons (Fsp3) is 0.133. The molecule has 0 saturated heterocycles. The summed E-state index contributed by atoms with van der Waals surface area (Å²) in [6.45, 7) is 0.717. The molecule has 1 aliphatic heterocycles. The summed E-state index contributed by atoms with van der Waals surface area (Å²) in [5.74, 6) is 0.0516. The highest BCUT2D eigenvalue weighted by Gasteiger charge is 2.21. The molecule has 0 aliphatic carbocycles. The van der Waals surface area contributed by atoms with E-state index in [0.29, 0.717) is 35.7 Å². The summed E-state index contributed by atoms with van der Waals surface area (Å²) < 4.78 is 19.5. The van der Waals surface area contributed by atoms with Crippen molar-refractivity contribution >= 4 is 23.8 Å². The highest BCUT2D eigenvalue weighted by Crippen LogP contribution is 2.29. The van der Waals surface area contributed by atoms with E-state index in [-0.39, 0.29) is 18.1 Å². The number of nitrogens with zero attached hydrogens (tertiary/aromatic N) is 2. The van der Waals surface area contributed by atoms with Gasteiger partial charge < -0.3 is 4.74 Å². The lowest BCUT2D eigenvalue weighted by atomic mass is 10.0. The predicted molar refractivity (Wildman–Crippen MR) is 82.7 cm³/mol. The lowest BCUT2D eigenvalue weighted by molar-refractivity contribution is -0.384. The molecular formula is C15H12ClFN2O3. The average Bonchev–Trinajstić information content (AvgIpc) is 2.69. The maximum atomic E-state index is 14.0. The maximum Gasteiger partial charge on any atom is 0.270 e. The monoisotopic (exact) mass is 322 g/mol. The molecule has 114 valence electrons. The normalized spacial score (nSPS) is 13.0. The minimum absolute atomic E-state index is 0. The Kier molecular flexibility index (Phi) is 4.72. The van der Waals surface area contributed by atoms with Crippen molar-refractivity contribution in [1.82, 2.24) is 0 Å². The van der Waals surface area contributed by atoms with E-state index in [1.165, 1.54) is 24.3 Å². The molecule has 22 heavy (non-hydrogen) atoms. The van der Waals surface area contributed by atoms with Crippen LogP contribution in [-0.4, -0.2) is 23.8 Å². The first kappa shape index (κ1) is 15.9. The van der Waals surface area contributed by atoms with Crippen LogP contribution in [0.5, 0.6) is 5.75 Å². The Morgan fingerprint density at radius 2 is 1.95 bits per heavy atom. The van der Waals surface area contributed by atoms with Crippen LogP contribution in [0.3, 0.4) is 0 Å². The Labute approximate surface area is 132 Å². The molecule has 2 aromatic rings. The highest BCUT2D eigenvalue weighted by atomic mass is 35.5. The van der Waals surface area contributed by atoms with E-state index in [0.717, 1.165) is 0 Å². The smallest absolute Gasteiger partial charge is 0.270 e. The second-order valence-electron chi connectivity index (χ2n) is 4.50. The van der Waals surface area contributed by atoms with Crippen molar-refractivity contribution in [3.8, 4) is 5.75 Å². The van der Waals surface area contributed by atoms with E-state index in [4.69, 9.17) is 4.74 Å². The number of hydrogen-bond donors (Lipinski definition) is 0. The summed E-state index contributed by atoms with van der Waals surface area (Å²) in [7, 11) is 0. The number of non-ortho nitro benzene ring substituents is 1. The number of aliphatic imine (C=N–C) groups is 1. The summed E-state index contributed by atoms with van der Waals surface area (Å²) in [6.07, 6.45) is 0. The quantitative estimate of drug-likeness (QED) is 0.629. The molecule has 1 aliphatic rings. The van der Waals surface area contributed by atoms with Crippen molar-refractivity contribution in [3.63, 3.8) is 0 Å². The van der Waals surface area contributed by atoms with Gasteiger partial charge in [-0.15, -0.1) is 12.4 Å². The van der Waals surface area contributed by atoms with Gasteiger partial charge in [0.1, 0.15) is 18.2 Å². The van der Waals surface area contributed by atoms with Crippen LogP contribution in [0.2, 0.25) is 0 Å². The van der Waals surface area contributed by atoms with Gasteiger partial charge in [0.2, 0.25) is 0 Å². The van der Waals surface area contributed by atoms with Crippen molar-refractivity contribution < 1.29 is 14.1 Å². The van der Waals surface area contributed by atoms with Crippen LogP contribution in [0.1, 0.15) is 11.1 Å². The predicted octanol–water partition coefficient (Wildman–Crippen LogP) is 3.39. The van der Waals surface area contributed by atoms with Crippen LogP contribution in [0.4, 0.5) is 10.1 Å². The number of benzene rings is 2. The number of halogens is 2. The third-order valence-electron chi connectivity index (χ3n) is 3.18. The van der Waals surface area contributed by atoms with Crippen LogP contribution in [0.15, 0.2) is 47.5 Å². The van der Waals surface area contributed by atoms with E-state index in [9.17, 15) is 14.5 Å². The van der Waals surface area contributed by atoms with E-state index in [2.05, 4.69) is 4.99 Å². The van der Waals surface area contributed by atoms with Gasteiger partial charge in [0.05, 0.1) is 17.2 Å². The lowest BCUT2D eigenvalue weighted by Crippen LogP contribution is -2.07. The molecule has 0 amide bonds. The fourth-order valence-electron chi connectivity index (χ4n) is 2.22. The number of nitro benzene ring substituents is 1. The van der Waals surface area contributed by atoms with Crippen molar-refractivity contribution in [1.29, 1.82) is 0 Å². The van der Waals surface area contributed by atoms with Crippen molar-refractivity contribution in [2.24, 2.45) is 4.99 Å². The van der Waals surface area contributed by atoms with Gasteiger partial charge in [0, 0.05) is 23.3 Å². The van der Waals surface area contributed by atoms with E-state index in [1.807, 2.05) is 0 Å². The Bertz CT molecular complexity index is 749. The summed E-state index contributed by atoms with van der Waals surface area (Å²) in [5.41, 5.74) is 1.05. The van der Waals surface area contributed by atoms with Gasteiger partial charge in [-0.3, -0.25) is 15.1 Å². The van der Waals surface area contributed by atoms with Gasteiger partial charge in [0.25, 0.3) is 5.69 Å². The molecule has 5 nitrogen and oxygen atoms in total. The highest BCUT2D eigenvalue weighted by molar-refractivity contribution is 6.15. The first-order valence-electron chi connectivity index (χ1n) is 6.38. The summed E-state index contributed by atoms with van der Waals surface area (Å²) in [6, 6.07) is 10.5. The molecule has 7 heteroatoms. The third kappa shape index (κ3) is 2.92. The molecular weight excluding hydrogens is 311 g/mol. The summed E-state index contributed by atoms with van der Waals surface area (Å²) in [4.78, 5) is 14.8. The zero-order valence-electron chi connectivity index (χ0n) is 11.4. The van der Waals surface area contributed by atoms with Crippen LogP contribution in [0.25, 0.3) is 0 Å². The molecule has 0 radical (unpaired) electrons. The minimum atomic E-state index is -0.496. The SMILES string of the molecule is Cl.O=[N+]([O-])c1ccc2c(c1)C(c1ccccc1F)=NCCO2. The van der Waals surface area contributed by atoms with Gasteiger partial charge in [0.15, 0.2) is 0 Å². The van der Waals surface area contributed by atoms with Crippen molar-refractivity contribution in [3.05, 3.63) is 69.5 Å². The molecule has 0 bridgehead atoms. The molecule has 0 unspecified atom stereocenters. The number of fused-ring (bicyclic) bond motifs is 1. The molecule has 3 rings (SSSR count). The summed E-state index contributed by atoms with van der Waals surface area (Å²) in [5, 5.41) is 10.9. The Morgan fingerprint density at radius 3 is 2.68 bits per heavy atom. The summed E-state index contributed by atoms with van der Waals surface area (Å²) >= 11 is 0. The zero-order valence-corrected chi connectivity index (χ0v) is 12.2. The van der Waals surface area contributed by atoms with Gasteiger partial charge in [-0.2, -0.15) is 0 Å². The Balaban J connectivity index is 0.00000176. The zero-order chi connectivity index (χ0) is 14.8. The molecule has 0 aromatic heterocycles. The third-order valence-corrected chi connectivity index (χ3v) is 3.18. The molecule has 0 fully saturated rings. The molecule has 0 atom stereocenters. The van der Waals surface area contributed by atoms with Crippen molar-refractivity contribution in [2.75, 3.05) is 13.2 Å². The van der Waals surface area contributed by atoms with Gasteiger partial charge in [-0.1, -0.05) is 12.1 Å². The standard InChI is InChI=1S/C15H11FN2O3.ClH/c16-13-4-2-1-3-11(13)15-12-9-10(18(19)20)5-6-14(12)21-8-7-17-15;/h1-6,9H,7-8H2;1H. The van der Waals surface area contributed by atoms with E-state index >= 15 is 0 Å². The average molecular weight is 323 g/mol. The lowest BCUT2D eigenvalue weighted by Gasteiger charge is -2.10. The van der Waals surface area contributed by atoms with Crippen LogP contribution in [-0.2, 0) is 0 Å². The van der Waals surface area contributed by atoms with E-state index in [1.54, 1.807) is 18.2 Å². The first-order chi connectivity index (χ1) is 10.2. The van der Waals surface area contributed by atoms with Gasteiger partial charge >= 0.3 is 0 Å². The molecule has 0 N–H and O–H groups in total. The number of nitro groups is 1. The Hall–Kier alpha value is -2.47. The molecule has 0 saturated carbocycles. The van der Waals surface area contributed by atoms with Crippen LogP contribution in [0, 0.1) is 15.9 Å². The van der Waals surface area contributed by atoms with Crippen LogP contribution >= 0.6 is 12.4 Å². The van der Waals surface area contributed by atoms with Crippen molar-refractivity contribution in [2.45, 2.75) is 0 Å². The maximum absolute atomic E-state index is 14.0. The van der Waals surface area contributed by atoms with Gasteiger partial charge in [-0.25, -0.2) is 4.39 Å². The van der Waals surface area contributed by atoms with Gasteiger partial charge in [-0.05, 0) is 18.2 Å². The number of hydrogen-bond acceptors (Lipinski definition) is 4. The minimum Gasteiger partial charge on any atom is -0.491 e. The molecule has 1 heterocycles. The topological polar surface area (TPSA) is 64.7 Å². The fourth-order valence-corrected chi connectivity index (χ4v) is 2.22.